The highest BCUT2D eigenvalue weighted by molar-refractivity contribution is 5.73. The Hall–Kier alpha value is -0.930. The van der Waals surface area contributed by atoms with Crippen LogP contribution in [0.2, 0.25) is 0 Å². The smallest absolute Gasteiger partial charge is 0.218 e. The van der Waals surface area contributed by atoms with Crippen molar-refractivity contribution in [1.29, 1.82) is 0 Å². The average molecular weight is 383 g/mol. The Labute approximate surface area is 148 Å². The summed E-state index contributed by atoms with van der Waals surface area (Å²) in [5.74, 6) is -0.536. The van der Waals surface area contributed by atoms with E-state index in [1.807, 2.05) is 0 Å². The van der Waals surface area contributed by atoms with E-state index >= 15 is 0 Å². The number of rotatable bonds is 5. The summed E-state index contributed by atoms with van der Waals surface area (Å²) in [5.41, 5.74) is 0. The Balaban J connectivity index is 2.12. The lowest BCUT2D eigenvalue weighted by molar-refractivity contribution is -0.343. The Morgan fingerprint density at radius 2 is 1.50 bits per heavy atom. The molecule has 0 spiro atoms. The Bertz CT molecular complexity index is 476. The fraction of sp³-hybridized carbons (Fsp3) is 0.929. The van der Waals surface area contributed by atoms with Crippen molar-refractivity contribution in [3.05, 3.63) is 0 Å². The maximum absolute atomic E-state index is 11.1. The van der Waals surface area contributed by atoms with Gasteiger partial charge in [-0.1, -0.05) is 0 Å². The van der Waals surface area contributed by atoms with Crippen LogP contribution < -0.4 is 5.32 Å². The van der Waals surface area contributed by atoms with E-state index in [2.05, 4.69) is 5.32 Å². The molecule has 0 radical (unpaired) electrons. The number of carbonyl (C=O) groups excluding carboxylic acids is 1. The summed E-state index contributed by atoms with van der Waals surface area (Å²) in [6.07, 6.45) is -15.0. The first kappa shape index (κ1) is 21.4. The summed E-state index contributed by atoms with van der Waals surface area (Å²) < 4.78 is 15.8. The van der Waals surface area contributed by atoms with Crippen molar-refractivity contribution in [2.45, 2.75) is 68.3 Å². The van der Waals surface area contributed by atoms with Crippen LogP contribution in [0.25, 0.3) is 0 Å². The summed E-state index contributed by atoms with van der Waals surface area (Å²) in [4.78, 5) is 11.1. The van der Waals surface area contributed by atoms with Crippen LogP contribution in [0, 0.1) is 0 Å². The highest BCUT2D eigenvalue weighted by Gasteiger charge is 2.50. The van der Waals surface area contributed by atoms with Crippen LogP contribution in [0.3, 0.4) is 0 Å². The SMILES string of the molecule is CC(=O)N[C@@H]1O[C@H](CO)[C@@H](O[C@@H]2O[C@H](CO)[C@@H](O)[C@H](O)[C@H]2O)[C@H](O)[C@H]1O. The minimum atomic E-state index is -1.73. The maximum atomic E-state index is 11.1. The number of nitrogens with one attached hydrogen (secondary N) is 1. The van der Waals surface area contributed by atoms with Crippen molar-refractivity contribution in [3.8, 4) is 0 Å². The molecule has 0 aromatic rings. The van der Waals surface area contributed by atoms with E-state index in [-0.39, 0.29) is 0 Å². The molecule has 2 heterocycles. The highest BCUT2D eigenvalue weighted by Crippen LogP contribution is 2.28. The minimum absolute atomic E-state index is 0.536. The monoisotopic (exact) mass is 383 g/mol. The Morgan fingerprint density at radius 1 is 0.885 bits per heavy atom. The standard InChI is InChI=1S/C14H25NO11/c1-4(18)15-13-10(22)9(21)12(6(3-17)24-13)26-14-11(23)8(20)7(19)5(2-16)25-14/h5-14,16-17,19-23H,2-3H2,1H3,(H,15,18)/t5-,6-,7-,8+,9-,10-,11-,12-,13-,14+/m1/s1. The van der Waals surface area contributed by atoms with Gasteiger partial charge >= 0.3 is 0 Å². The molecule has 1 amide bonds. The van der Waals surface area contributed by atoms with Crippen molar-refractivity contribution in [2.75, 3.05) is 13.2 Å². The van der Waals surface area contributed by atoms with Gasteiger partial charge in [0.2, 0.25) is 5.91 Å². The molecule has 0 aliphatic carbocycles. The van der Waals surface area contributed by atoms with Crippen molar-refractivity contribution in [1.82, 2.24) is 5.32 Å². The summed E-state index contributed by atoms with van der Waals surface area (Å²) in [7, 11) is 0. The van der Waals surface area contributed by atoms with Crippen LogP contribution in [-0.2, 0) is 19.0 Å². The molecule has 0 saturated carbocycles. The highest BCUT2D eigenvalue weighted by atomic mass is 16.7. The van der Waals surface area contributed by atoms with Crippen molar-refractivity contribution in [3.63, 3.8) is 0 Å². The van der Waals surface area contributed by atoms with Crippen LogP contribution in [-0.4, -0.2) is 116 Å². The van der Waals surface area contributed by atoms with E-state index in [0.29, 0.717) is 0 Å². The third-order valence-electron chi connectivity index (χ3n) is 4.35. The molecule has 12 heteroatoms. The van der Waals surface area contributed by atoms with Crippen molar-refractivity contribution < 1.29 is 54.8 Å². The minimum Gasteiger partial charge on any atom is -0.394 e. The lowest BCUT2D eigenvalue weighted by Gasteiger charge is -2.46. The molecule has 8 N–H and O–H groups in total. The van der Waals surface area contributed by atoms with Gasteiger partial charge in [-0.05, 0) is 0 Å². The van der Waals surface area contributed by atoms with Gasteiger partial charge in [-0.2, -0.15) is 0 Å². The van der Waals surface area contributed by atoms with Crippen LogP contribution in [0.4, 0.5) is 0 Å². The zero-order valence-corrected chi connectivity index (χ0v) is 14.0. The third-order valence-corrected chi connectivity index (χ3v) is 4.35. The zero-order chi connectivity index (χ0) is 19.6. The van der Waals surface area contributed by atoms with E-state index in [9.17, 15) is 40.5 Å². The first-order chi connectivity index (χ1) is 12.2. The van der Waals surface area contributed by atoms with Gasteiger partial charge in [0.25, 0.3) is 0 Å². The van der Waals surface area contributed by atoms with Gasteiger partial charge in [-0.25, -0.2) is 0 Å². The molecule has 2 aliphatic heterocycles. The summed E-state index contributed by atoms with van der Waals surface area (Å²) in [6.45, 7) is -0.167. The number of hydrogen-bond donors (Lipinski definition) is 8. The van der Waals surface area contributed by atoms with Crippen LogP contribution in [0.15, 0.2) is 0 Å². The first-order valence-corrected chi connectivity index (χ1v) is 8.06. The summed E-state index contributed by atoms with van der Waals surface area (Å²) in [6, 6.07) is 0. The molecule has 2 saturated heterocycles. The van der Waals surface area contributed by atoms with Gasteiger partial charge in [0.05, 0.1) is 13.2 Å². The van der Waals surface area contributed by atoms with E-state index in [4.69, 9.17) is 14.2 Å². The molecule has 2 aliphatic rings. The van der Waals surface area contributed by atoms with E-state index in [1.165, 1.54) is 6.92 Å². The number of hydrogen-bond acceptors (Lipinski definition) is 11. The predicted molar refractivity (Wildman–Crippen MR) is 80.2 cm³/mol. The molecule has 0 aromatic heterocycles. The van der Waals surface area contributed by atoms with Crippen LogP contribution in [0.5, 0.6) is 0 Å². The molecule has 0 bridgehead atoms. The quantitative estimate of drug-likeness (QED) is 0.226. The van der Waals surface area contributed by atoms with E-state index < -0.39 is 80.5 Å². The van der Waals surface area contributed by atoms with Gasteiger partial charge in [0.15, 0.2) is 12.5 Å². The third kappa shape index (κ3) is 4.31. The van der Waals surface area contributed by atoms with Crippen LogP contribution in [0.1, 0.15) is 6.92 Å². The topological polar surface area (TPSA) is 198 Å². The normalized spacial score (nSPS) is 46.8. The fourth-order valence-corrected chi connectivity index (χ4v) is 2.91. The van der Waals surface area contributed by atoms with Gasteiger partial charge < -0.3 is 55.3 Å². The van der Waals surface area contributed by atoms with Gasteiger partial charge in [0, 0.05) is 6.92 Å². The Morgan fingerprint density at radius 3 is 2.04 bits per heavy atom. The molecule has 26 heavy (non-hydrogen) atoms. The number of ether oxygens (including phenoxy) is 3. The molecule has 2 fully saturated rings. The summed E-state index contributed by atoms with van der Waals surface area (Å²) in [5, 5.41) is 70.7. The van der Waals surface area contributed by atoms with Crippen molar-refractivity contribution >= 4 is 5.91 Å². The van der Waals surface area contributed by atoms with Gasteiger partial charge in [-0.15, -0.1) is 0 Å². The molecule has 12 nitrogen and oxygen atoms in total. The maximum Gasteiger partial charge on any atom is 0.218 e. The van der Waals surface area contributed by atoms with Gasteiger partial charge in [-0.3, -0.25) is 4.79 Å². The predicted octanol–water partition coefficient (Wildman–Crippen LogP) is -5.25. The van der Waals surface area contributed by atoms with Crippen molar-refractivity contribution in [2.24, 2.45) is 0 Å². The number of amides is 1. The number of aliphatic hydroxyl groups excluding tert-OH is 7. The number of carbonyl (C=O) groups is 1. The first-order valence-electron chi connectivity index (χ1n) is 8.06. The molecule has 152 valence electrons. The fourth-order valence-electron chi connectivity index (χ4n) is 2.91. The lowest BCUT2D eigenvalue weighted by Crippen LogP contribution is -2.66. The molecular weight excluding hydrogens is 358 g/mol. The number of aliphatic hydroxyl groups is 7. The largest absolute Gasteiger partial charge is 0.394 e. The molecule has 0 aromatic carbocycles. The van der Waals surface area contributed by atoms with E-state index in [1.54, 1.807) is 0 Å². The van der Waals surface area contributed by atoms with Gasteiger partial charge in [0.1, 0.15) is 48.8 Å². The molecule has 10 atom stereocenters. The van der Waals surface area contributed by atoms with E-state index in [0.717, 1.165) is 0 Å². The second-order valence-electron chi connectivity index (χ2n) is 6.26. The lowest BCUT2D eigenvalue weighted by atomic mass is 9.96. The van der Waals surface area contributed by atoms with Crippen LogP contribution >= 0.6 is 0 Å². The second-order valence-corrected chi connectivity index (χ2v) is 6.26. The summed E-state index contributed by atoms with van der Waals surface area (Å²) >= 11 is 0. The molecular formula is C14H25NO11. The molecule has 0 unspecified atom stereocenters. The Kier molecular flexibility index (Phi) is 7.27. The molecule has 2 rings (SSSR count). The second kappa shape index (κ2) is 8.84. The average Bonchev–Trinajstić information content (AvgIpc) is 2.60. The zero-order valence-electron chi connectivity index (χ0n) is 14.0.